The van der Waals surface area contributed by atoms with Gasteiger partial charge in [-0.1, -0.05) is 36.4 Å². The van der Waals surface area contributed by atoms with Crippen molar-refractivity contribution in [1.82, 2.24) is 24.9 Å². The van der Waals surface area contributed by atoms with Gasteiger partial charge in [0.05, 0.1) is 33.1 Å². The fourth-order valence-electron chi connectivity index (χ4n) is 3.03. The molecule has 0 unspecified atom stereocenters. The number of pyridine rings is 1. The number of para-hydroxylation sites is 6. The molecule has 6 aromatic rings. The van der Waals surface area contributed by atoms with E-state index in [0.29, 0.717) is 5.65 Å². The van der Waals surface area contributed by atoms with E-state index >= 15 is 0 Å². The molecule has 0 N–H and O–H groups in total. The van der Waals surface area contributed by atoms with E-state index in [9.17, 15) is 0 Å². The lowest BCUT2D eigenvalue weighted by Crippen LogP contribution is -1.88. The summed E-state index contributed by atoms with van der Waals surface area (Å²) in [5.41, 5.74) is 7.14. The Hall–Kier alpha value is -3.99. The molecule has 0 atom stereocenters. The summed E-state index contributed by atoms with van der Waals surface area (Å²) in [5.74, 6) is 0. The van der Waals surface area contributed by atoms with Crippen molar-refractivity contribution in [2.24, 2.45) is 0 Å². The highest BCUT2D eigenvalue weighted by atomic mass is 14.9. The number of rotatable bonds is 0. The Morgan fingerprint density at radius 3 is 1.18 bits per heavy atom. The molecule has 0 saturated heterocycles. The van der Waals surface area contributed by atoms with Crippen molar-refractivity contribution in [3.05, 3.63) is 91.1 Å². The van der Waals surface area contributed by atoms with Crippen LogP contribution in [-0.4, -0.2) is 24.9 Å². The van der Waals surface area contributed by atoms with Gasteiger partial charge in [0.2, 0.25) is 0 Å². The van der Waals surface area contributed by atoms with Crippen LogP contribution in [-0.2, 0) is 0 Å². The molecule has 28 heavy (non-hydrogen) atoms. The van der Waals surface area contributed by atoms with Crippen molar-refractivity contribution in [2.75, 3.05) is 0 Å². The molecule has 0 spiro atoms. The summed E-state index contributed by atoms with van der Waals surface area (Å²) in [4.78, 5) is 22.0. The Morgan fingerprint density at radius 2 is 0.714 bits per heavy atom. The highest BCUT2D eigenvalue weighted by Gasteiger charge is 2.00. The monoisotopic (exact) mass is 361 g/mol. The quantitative estimate of drug-likeness (QED) is 0.358. The third-order valence-corrected chi connectivity index (χ3v) is 4.36. The number of nitrogens with zero attached hydrogens (tertiary/aromatic N) is 5. The molecule has 132 valence electrons. The molecule has 5 nitrogen and oxygen atoms in total. The minimum absolute atomic E-state index is 0.700. The maximum atomic E-state index is 4.52. The van der Waals surface area contributed by atoms with Crippen LogP contribution in [0.2, 0.25) is 0 Å². The van der Waals surface area contributed by atoms with Crippen LogP contribution in [0.15, 0.2) is 91.1 Å². The molecule has 3 heterocycles. The first-order valence-corrected chi connectivity index (χ1v) is 8.96. The molecule has 0 bridgehead atoms. The second-order valence-electron chi connectivity index (χ2n) is 6.26. The Labute approximate surface area is 160 Å². The van der Waals surface area contributed by atoms with Crippen molar-refractivity contribution in [2.45, 2.75) is 0 Å². The van der Waals surface area contributed by atoms with Gasteiger partial charge in [0, 0.05) is 6.20 Å². The van der Waals surface area contributed by atoms with Crippen LogP contribution in [0.1, 0.15) is 0 Å². The van der Waals surface area contributed by atoms with Gasteiger partial charge in [-0.05, 0) is 48.5 Å². The van der Waals surface area contributed by atoms with Gasteiger partial charge in [-0.25, -0.2) is 24.9 Å². The van der Waals surface area contributed by atoms with E-state index in [-0.39, 0.29) is 0 Å². The molecule has 0 amide bonds. The number of aromatic nitrogens is 5. The molecule has 0 aliphatic heterocycles. The van der Waals surface area contributed by atoms with Crippen LogP contribution in [0.4, 0.5) is 0 Å². The van der Waals surface area contributed by atoms with Crippen LogP contribution in [0, 0.1) is 0 Å². The van der Waals surface area contributed by atoms with Gasteiger partial charge in [-0.15, -0.1) is 0 Å². The fourth-order valence-corrected chi connectivity index (χ4v) is 3.03. The normalized spacial score (nSPS) is 10.9. The van der Waals surface area contributed by atoms with Gasteiger partial charge < -0.3 is 0 Å². The Balaban J connectivity index is 0.000000122. The van der Waals surface area contributed by atoms with Crippen LogP contribution < -0.4 is 0 Å². The largest absolute Gasteiger partial charge is 0.245 e. The zero-order valence-electron chi connectivity index (χ0n) is 14.9. The van der Waals surface area contributed by atoms with Gasteiger partial charge in [-0.3, -0.25) is 0 Å². The Bertz CT molecular complexity index is 1110. The summed E-state index contributed by atoms with van der Waals surface area (Å²) in [6, 6.07) is 27.4. The van der Waals surface area contributed by atoms with Gasteiger partial charge in [0.1, 0.15) is 5.52 Å². The second-order valence-corrected chi connectivity index (χ2v) is 6.26. The zero-order chi connectivity index (χ0) is 18.8. The van der Waals surface area contributed by atoms with E-state index in [1.807, 2.05) is 84.9 Å². The van der Waals surface area contributed by atoms with Crippen LogP contribution in [0.5, 0.6) is 0 Å². The van der Waals surface area contributed by atoms with Crippen molar-refractivity contribution >= 4 is 44.3 Å². The van der Waals surface area contributed by atoms with Crippen LogP contribution in [0.25, 0.3) is 44.3 Å². The number of benzene rings is 3. The van der Waals surface area contributed by atoms with E-state index in [2.05, 4.69) is 24.9 Å². The second kappa shape index (κ2) is 6.96. The molecule has 0 radical (unpaired) electrons. The lowest BCUT2D eigenvalue weighted by Gasteiger charge is -1.98. The minimum atomic E-state index is 0.700. The first-order chi connectivity index (χ1) is 13.9. The first-order valence-electron chi connectivity index (χ1n) is 8.96. The van der Waals surface area contributed by atoms with Crippen molar-refractivity contribution in [3.63, 3.8) is 0 Å². The van der Waals surface area contributed by atoms with Gasteiger partial charge >= 0.3 is 0 Å². The van der Waals surface area contributed by atoms with E-state index in [1.165, 1.54) is 0 Å². The number of fused-ring (bicyclic) bond motifs is 4. The van der Waals surface area contributed by atoms with E-state index < -0.39 is 0 Å². The summed E-state index contributed by atoms with van der Waals surface area (Å²) < 4.78 is 0. The minimum Gasteiger partial charge on any atom is -0.245 e. The molecule has 0 aliphatic carbocycles. The maximum absolute atomic E-state index is 4.52. The van der Waals surface area contributed by atoms with Crippen molar-refractivity contribution in [1.29, 1.82) is 0 Å². The van der Waals surface area contributed by atoms with Gasteiger partial charge in [0.15, 0.2) is 5.65 Å². The standard InChI is InChI=1S/C12H8N2.C11H7N3/c1-2-6-10-9(5-1)13-11-7-3-4-8-12(11)14-10;1-2-5-9-8(4-1)13-10-6-3-7-12-11(10)14-9/h1-8H;1-7H. The lowest BCUT2D eigenvalue weighted by atomic mass is 10.2. The summed E-state index contributed by atoms with van der Waals surface area (Å²) in [6.07, 6.45) is 1.73. The third kappa shape index (κ3) is 3.10. The molecule has 0 fully saturated rings. The average Bonchev–Trinajstić information content (AvgIpc) is 2.76. The summed E-state index contributed by atoms with van der Waals surface area (Å²) in [6.45, 7) is 0. The molecule has 3 aromatic heterocycles. The predicted octanol–water partition coefficient (Wildman–Crippen LogP) is 4.96. The van der Waals surface area contributed by atoms with Crippen molar-refractivity contribution in [3.8, 4) is 0 Å². The molecular weight excluding hydrogens is 346 g/mol. The topological polar surface area (TPSA) is 64.5 Å². The smallest absolute Gasteiger partial charge is 0.178 e. The number of hydrogen-bond acceptors (Lipinski definition) is 5. The highest BCUT2D eigenvalue weighted by molar-refractivity contribution is 5.86. The van der Waals surface area contributed by atoms with Gasteiger partial charge in [-0.2, -0.15) is 0 Å². The maximum Gasteiger partial charge on any atom is 0.178 e. The average molecular weight is 361 g/mol. The molecule has 0 saturated carbocycles. The lowest BCUT2D eigenvalue weighted by molar-refractivity contribution is 1.28. The van der Waals surface area contributed by atoms with Crippen LogP contribution >= 0.6 is 0 Å². The van der Waals surface area contributed by atoms with E-state index in [4.69, 9.17) is 0 Å². The molecule has 0 aliphatic rings. The predicted molar refractivity (Wildman–Crippen MR) is 112 cm³/mol. The third-order valence-electron chi connectivity index (χ3n) is 4.36. The summed E-state index contributed by atoms with van der Waals surface area (Å²) in [7, 11) is 0. The van der Waals surface area contributed by atoms with Crippen LogP contribution in [0.3, 0.4) is 0 Å². The van der Waals surface area contributed by atoms with Crippen molar-refractivity contribution < 1.29 is 0 Å². The zero-order valence-corrected chi connectivity index (χ0v) is 14.9. The Morgan fingerprint density at radius 1 is 0.357 bits per heavy atom. The van der Waals surface area contributed by atoms with E-state index in [0.717, 1.165) is 38.6 Å². The fraction of sp³-hybridized carbons (Fsp3) is 0. The molecule has 6 rings (SSSR count). The highest BCUT2D eigenvalue weighted by Crippen LogP contribution is 2.15. The molecular formula is C23H15N5. The summed E-state index contributed by atoms with van der Waals surface area (Å²) >= 11 is 0. The Kier molecular flexibility index (Phi) is 4.03. The SMILES string of the molecule is c1ccc2nc3ccccc3nc2c1.c1ccc2nc3ncccc3nc2c1. The molecule has 3 aromatic carbocycles. The summed E-state index contributed by atoms with van der Waals surface area (Å²) in [5, 5.41) is 0. The van der Waals surface area contributed by atoms with E-state index in [1.54, 1.807) is 6.20 Å². The molecule has 5 heteroatoms. The van der Waals surface area contributed by atoms with Gasteiger partial charge in [0.25, 0.3) is 0 Å². The number of hydrogen-bond donors (Lipinski definition) is 0. The first kappa shape index (κ1) is 16.2.